The molecule has 0 aliphatic carbocycles. The molecule has 3 rings (SSSR count). The minimum atomic E-state index is -0.974. The Kier molecular flexibility index (Phi) is 9.01. The molecule has 170 valence electrons. The quantitative estimate of drug-likeness (QED) is 0.343. The van der Waals surface area contributed by atoms with E-state index in [1.165, 1.54) is 37.8 Å². The van der Waals surface area contributed by atoms with Crippen molar-refractivity contribution < 1.29 is 17.9 Å². The van der Waals surface area contributed by atoms with Crippen molar-refractivity contribution in [3.8, 4) is 11.1 Å². The molecular formula is C27H35F3O. The number of unbranched alkanes of at least 4 members (excludes halogenated alkanes) is 4. The van der Waals surface area contributed by atoms with Crippen LogP contribution in [-0.2, 0) is 11.2 Å². The highest BCUT2D eigenvalue weighted by atomic mass is 19.2. The van der Waals surface area contributed by atoms with Crippen molar-refractivity contribution in [3.05, 3.63) is 58.9 Å². The van der Waals surface area contributed by atoms with Crippen molar-refractivity contribution in [3.63, 3.8) is 0 Å². The van der Waals surface area contributed by atoms with Gasteiger partial charge in [-0.2, -0.15) is 0 Å². The Morgan fingerprint density at radius 3 is 2.29 bits per heavy atom. The van der Waals surface area contributed by atoms with Crippen LogP contribution in [0.3, 0.4) is 0 Å². The van der Waals surface area contributed by atoms with Crippen LogP contribution in [0, 0.1) is 17.5 Å². The summed E-state index contributed by atoms with van der Waals surface area (Å²) in [5.41, 5.74) is 1.28. The molecule has 0 amide bonds. The lowest BCUT2D eigenvalue weighted by atomic mass is 9.88. The Morgan fingerprint density at radius 1 is 0.839 bits per heavy atom. The van der Waals surface area contributed by atoms with Gasteiger partial charge < -0.3 is 4.74 Å². The van der Waals surface area contributed by atoms with Crippen molar-refractivity contribution in [2.24, 2.45) is 0 Å². The number of hydrogen-bond donors (Lipinski definition) is 0. The molecule has 1 heterocycles. The molecule has 2 aromatic carbocycles. The van der Waals surface area contributed by atoms with Gasteiger partial charge in [-0.1, -0.05) is 76.6 Å². The average Bonchev–Trinajstić information content (AvgIpc) is 2.77. The number of halogens is 3. The molecule has 2 unspecified atom stereocenters. The second-order valence-electron chi connectivity index (χ2n) is 8.83. The Balaban J connectivity index is 1.64. The van der Waals surface area contributed by atoms with Gasteiger partial charge in [-0.05, 0) is 42.9 Å². The molecule has 0 spiro atoms. The summed E-state index contributed by atoms with van der Waals surface area (Å²) in [4.78, 5) is 0. The smallest absolute Gasteiger partial charge is 0.167 e. The van der Waals surface area contributed by atoms with E-state index in [4.69, 9.17) is 4.74 Å². The first-order valence-electron chi connectivity index (χ1n) is 11.9. The maximum atomic E-state index is 14.9. The molecule has 1 nitrogen and oxygen atoms in total. The molecular weight excluding hydrogens is 397 g/mol. The van der Waals surface area contributed by atoms with Crippen molar-refractivity contribution in [1.29, 1.82) is 0 Å². The lowest BCUT2D eigenvalue weighted by Crippen LogP contribution is -2.25. The third-order valence-electron chi connectivity index (χ3n) is 6.41. The van der Waals surface area contributed by atoms with E-state index in [0.29, 0.717) is 12.2 Å². The fourth-order valence-electron chi connectivity index (χ4n) is 4.56. The topological polar surface area (TPSA) is 9.23 Å². The maximum Gasteiger partial charge on any atom is 0.167 e. The van der Waals surface area contributed by atoms with Crippen LogP contribution in [0.5, 0.6) is 0 Å². The van der Waals surface area contributed by atoms with Crippen molar-refractivity contribution in [2.75, 3.05) is 6.61 Å². The normalized spacial score (nSPS) is 19.0. The van der Waals surface area contributed by atoms with Gasteiger partial charge >= 0.3 is 0 Å². The standard InChI is InChI=1S/C27H35F3O/c1-3-5-6-7-8-10-21-13-12-20(18-31-21)22-15-16-24(27(30)26(22)29)23-14-11-19(9-4-2)17-25(23)28/h11,14-17,20-21H,3-10,12-13,18H2,1-2H3. The monoisotopic (exact) mass is 432 g/mol. The molecule has 2 aromatic rings. The zero-order valence-corrected chi connectivity index (χ0v) is 18.9. The first-order chi connectivity index (χ1) is 15.0. The highest BCUT2D eigenvalue weighted by molar-refractivity contribution is 5.66. The predicted octanol–water partition coefficient (Wildman–Crippen LogP) is 8.35. The summed E-state index contributed by atoms with van der Waals surface area (Å²) in [7, 11) is 0. The molecule has 31 heavy (non-hydrogen) atoms. The Bertz CT molecular complexity index is 841. The number of aryl methyl sites for hydroxylation is 1. The summed E-state index contributed by atoms with van der Waals surface area (Å²) in [5.74, 6) is -2.52. The largest absolute Gasteiger partial charge is 0.378 e. The van der Waals surface area contributed by atoms with Gasteiger partial charge in [-0.25, -0.2) is 13.2 Å². The van der Waals surface area contributed by atoms with Crippen LogP contribution in [0.15, 0.2) is 30.3 Å². The highest BCUT2D eigenvalue weighted by Crippen LogP contribution is 2.36. The summed E-state index contributed by atoms with van der Waals surface area (Å²) in [6, 6.07) is 7.86. The van der Waals surface area contributed by atoms with E-state index in [1.807, 2.05) is 6.92 Å². The van der Waals surface area contributed by atoms with E-state index in [9.17, 15) is 13.2 Å². The summed E-state index contributed by atoms with van der Waals surface area (Å²) in [6.45, 7) is 4.64. The molecule has 1 saturated heterocycles. The molecule has 0 aromatic heterocycles. The number of ether oxygens (including phenoxy) is 1. The maximum absolute atomic E-state index is 14.9. The minimum Gasteiger partial charge on any atom is -0.378 e. The number of rotatable bonds is 10. The molecule has 1 fully saturated rings. The number of hydrogen-bond acceptors (Lipinski definition) is 1. The van der Waals surface area contributed by atoms with Gasteiger partial charge in [0, 0.05) is 17.0 Å². The molecule has 0 saturated carbocycles. The van der Waals surface area contributed by atoms with Crippen LogP contribution in [0.4, 0.5) is 13.2 Å². The molecule has 1 aliphatic heterocycles. The van der Waals surface area contributed by atoms with Crippen LogP contribution in [0.2, 0.25) is 0 Å². The van der Waals surface area contributed by atoms with E-state index in [-0.39, 0.29) is 23.1 Å². The van der Waals surface area contributed by atoms with Crippen molar-refractivity contribution >= 4 is 0 Å². The molecule has 0 bridgehead atoms. The van der Waals surface area contributed by atoms with Gasteiger partial charge in [0.05, 0.1) is 12.7 Å². The fourth-order valence-corrected chi connectivity index (χ4v) is 4.56. The second kappa shape index (κ2) is 11.7. The van der Waals surface area contributed by atoms with Crippen LogP contribution in [0.25, 0.3) is 11.1 Å². The molecule has 0 N–H and O–H groups in total. The highest BCUT2D eigenvalue weighted by Gasteiger charge is 2.27. The van der Waals surface area contributed by atoms with Gasteiger partial charge in [0.25, 0.3) is 0 Å². The molecule has 4 heteroatoms. The van der Waals surface area contributed by atoms with E-state index >= 15 is 0 Å². The minimum absolute atomic E-state index is 0.0246. The van der Waals surface area contributed by atoms with Gasteiger partial charge in [-0.15, -0.1) is 0 Å². The molecule has 2 atom stereocenters. The van der Waals surface area contributed by atoms with Crippen molar-refractivity contribution in [2.45, 2.75) is 90.1 Å². The Morgan fingerprint density at radius 2 is 1.61 bits per heavy atom. The SMILES string of the molecule is CCCCCCCC1CCC(c2ccc(-c3ccc(CCC)cc3F)c(F)c2F)CO1. The third-order valence-corrected chi connectivity index (χ3v) is 6.41. The van der Waals surface area contributed by atoms with E-state index in [1.54, 1.807) is 18.2 Å². The van der Waals surface area contributed by atoms with Gasteiger partial charge in [-0.3, -0.25) is 0 Å². The zero-order valence-electron chi connectivity index (χ0n) is 18.9. The van der Waals surface area contributed by atoms with Gasteiger partial charge in [0.2, 0.25) is 0 Å². The van der Waals surface area contributed by atoms with E-state index in [2.05, 4.69) is 6.92 Å². The Hall–Kier alpha value is -1.81. The average molecular weight is 433 g/mol. The van der Waals surface area contributed by atoms with Crippen LogP contribution in [-0.4, -0.2) is 12.7 Å². The van der Waals surface area contributed by atoms with Gasteiger partial charge in [0.15, 0.2) is 11.6 Å². The second-order valence-corrected chi connectivity index (χ2v) is 8.83. The van der Waals surface area contributed by atoms with E-state index in [0.717, 1.165) is 44.1 Å². The van der Waals surface area contributed by atoms with Crippen LogP contribution in [0.1, 0.15) is 88.7 Å². The summed E-state index contributed by atoms with van der Waals surface area (Å²) in [6.07, 6.45) is 10.8. The number of benzene rings is 2. The summed E-state index contributed by atoms with van der Waals surface area (Å²) in [5, 5.41) is 0. The Labute approximate surface area is 185 Å². The third kappa shape index (κ3) is 6.12. The lowest BCUT2D eigenvalue weighted by Gasteiger charge is -2.30. The molecule has 0 radical (unpaired) electrons. The predicted molar refractivity (Wildman–Crippen MR) is 121 cm³/mol. The van der Waals surface area contributed by atoms with Crippen molar-refractivity contribution in [1.82, 2.24) is 0 Å². The summed E-state index contributed by atoms with van der Waals surface area (Å²) >= 11 is 0. The van der Waals surface area contributed by atoms with Crippen LogP contribution >= 0.6 is 0 Å². The fraction of sp³-hybridized carbons (Fsp3) is 0.556. The van der Waals surface area contributed by atoms with Gasteiger partial charge in [0.1, 0.15) is 5.82 Å². The lowest BCUT2D eigenvalue weighted by molar-refractivity contribution is -0.00283. The zero-order chi connectivity index (χ0) is 22.2. The van der Waals surface area contributed by atoms with E-state index < -0.39 is 17.5 Å². The van der Waals surface area contributed by atoms with Crippen LogP contribution < -0.4 is 0 Å². The first kappa shape index (κ1) is 23.8. The summed E-state index contributed by atoms with van der Waals surface area (Å²) < 4.78 is 50.3. The molecule has 1 aliphatic rings. The first-order valence-corrected chi connectivity index (χ1v) is 11.9.